The van der Waals surface area contributed by atoms with E-state index in [1.807, 2.05) is 38.1 Å². The van der Waals surface area contributed by atoms with Crippen LogP contribution in [0.3, 0.4) is 0 Å². The number of aromatic nitrogens is 2. The molecule has 182 valence electrons. The van der Waals surface area contributed by atoms with Crippen LogP contribution in [-0.4, -0.2) is 66.3 Å². The molecule has 1 heterocycles. The lowest BCUT2D eigenvalue weighted by Crippen LogP contribution is -2.38. The van der Waals surface area contributed by atoms with Crippen LogP contribution in [0.2, 0.25) is 0 Å². The van der Waals surface area contributed by atoms with Crippen LogP contribution in [0.1, 0.15) is 34.4 Å². The molecule has 0 aliphatic heterocycles. The number of aryl methyl sites for hydroxylation is 2. The monoisotopic (exact) mass is 467 g/mol. The molecule has 1 aromatic carbocycles. The molecular weight excluding hydrogens is 434 g/mol. The summed E-state index contributed by atoms with van der Waals surface area (Å²) < 4.78 is 0. The van der Waals surface area contributed by atoms with Gasteiger partial charge in [0.05, 0.1) is 17.9 Å². The van der Waals surface area contributed by atoms with E-state index >= 15 is 0 Å². The molecule has 3 amide bonds. The van der Waals surface area contributed by atoms with E-state index in [0.717, 1.165) is 22.6 Å². The minimum absolute atomic E-state index is 0.0218. The van der Waals surface area contributed by atoms with Gasteiger partial charge in [-0.15, -0.1) is 0 Å². The van der Waals surface area contributed by atoms with Crippen LogP contribution in [0, 0.1) is 6.92 Å². The summed E-state index contributed by atoms with van der Waals surface area (Å²) >= 11 is 0. The van der Waals surface area contributed by atoms with Gasteiger partial charge in [0.25, 0.3) is 5.91 Å². The SMILES string of the molecule is CCc1nc(C(N)=O)c(Nc2cccc(CCNC(=O)CN(C)C(=O)/C=C/CNC)c2)nc1C. The van der Waals surface area contributed by atoms with Crippen LogP contribution in [-0.2, 0) is 22.4 Å². The van der Waals surface area contributed by atoms with Crippen molar-refractivity contribution in [2.24, 2.45) is 5.73 Å². The molecule has 0 fully saturated rings. The molecule has 0 aliphatic rings. The lowest BCUT2D eigenvalue weighted by Gasteiger charge is -2.15. The van der Waals surface area contributed by atoms with E-state index in [4.69, 9.17) is 5.73 Å². The Balaban J connectivity index is 1.94. The Labute approximate surface area is 200 Å². The number of amides is 3. The summed E-state index contributed by atoms with van der Waals surface area (Å²) in [5.41, 5.74) is 8.75. The van der Waals surface area contributed by atoms with Crippen molar-refractivity contribution < 1.29 is 14.4 Å². The lowest BCUT2D eigenvalue weighted by molar-refractivity contribution is -0.131. The van der Waals surface area contributed by atoms with Crippen molar-refractivity contribution in [3.05, 3.63) is 59.1 Å². The summed E-state index contributed by atoms with van der Waals surface area (Å²) in [6, 6.07) is 7.56. The second-order valence-electron chi connectivity index (χ2n) is 7.75. The predicted octanol–water partition coefficient (Wildman–Crippen LogP) is 1.08. The van der Waals surface area contributed by atoms with Gasteiger partial charge in [0.15, 0.2) is 11.5 Å². The predicted molar refractivity (Wildman–Crippen MR) is 132 cm³/mol. The van der Waals surface area contributed by atoms with Crippen molar-refractivity contribution in [2.45, 2.75) is 26.7 Å². The number of benzene rings is 1. The Bertz CT molecular complexity index is 1050. The van der Waals surface area contributed by atoms with Crippen molar-refractivity contribution in [1.82, 2.24) is 25.5 Å². The zero-order valence-corrected chi connectivity index (χ0v) is 20.1. The number of hydrogen-bond acceptors (Lipinski definition) is 7. The third-order valence-corrected chi connectivity index (χ3v) is 5.00. The molecule has 34 heavy (non-hydrogen) atoms. The van der Waals surface area contributed by atoms with Gasteiger partial charge in [0.2, 0.25) is 11.8 Å². The average Bonchev–Trinajstić information content (AvgIpc) is 2.79. The first-order valence-corrected chi connectivity index (χ1v) is 11.1. The normalized spacial score (nSPS) is 10.8. The largest absolute Gasteiger partial charge is 0.364 e. The van der Waals surface area contributed by atoms with Gasteiger partial charge >= 0.3 is 0 Å². The fourth-order valence-corrected chi connectivity index (χ4v) is 3.19. The Morgan fingerprint density at radius 3 is 2.65 bits per heavy atom. The summed E-state index contributed by atoms with van der Waals surface area (Å²) in [5.74, 6) is -0.807. The summed E-state index contributed by atoms with van der Waals surface area (Å²) in [4.78, 5) is 46.1. The molecule has 10 heteroatoms. The minimum atomic E-state index is -0.649. The highest BCUT2D eigenvalue weighted by Gasteiger charge is 2.15. The first-order chi connectivity index (χ1) is 16.2. The van der Waals surface area contributed by atoms with E-state index in [2.05, 4.69) is 25.9 Å². The average molecular weight is 468 g/mol. The standard InChI is InChI=1S/C24H33N7O3/c1-5-19-16(2)28-24(22(30-19)23(25)34)29-18-9-6-8-17(14-18)11-13-27-20(32)15-31(4)21(33)10-7-12-26-3/h6-10,14,26H,5,11-13,15H2,1-4H3,(H2,25,34)(H,27,32)(H,28,29)/b10-7+. The second kappa shape index (κ2) is 13.0. The molecule has 0 bridgehead atoms. The van der Waals surface area contributed by atoms with Gasteiger partial charge in [-0.05, 0) is 44.5 Å². The van der Waals surface area contributed by atoms with E-state index < -0.39 is 5.91 Å². The Morgan fingerprint density at radius 1 is 1.21 bits per heavy atom. The number of likely N-dealkylation sites (N-methyl/N-ethyl adjacent to an activating group) is 2. The summed E-state index contributed by atoms with van der Waals surface area (Å²) in [5, 5.41) is 8.86. The van der Waals surface area contributed by atoms with E-state index in [1.165, 1.54) is 11.0 Å². The topological polar surface area (TPSA) is 142 Å². The lowest BCUT2D eigenvalue weighted by atomic mass is 10.1. The highest BCUT2D eigenvalue weighted by atomic mass is 16.2. The fourth-order valence-electron chi connectivity index (χ4n) is 3.19. The van der Waals surface area contributed by atoms with Crippen LogP contribution in [0.15, 0.2) is 36.4 Å². The van der Waals surface area contributed by atoms with Gasteiger partial charge in [0, 0.05) is 31.9 Å². The first-order valence-electron chi connectivity index (χ1n) is 11.1. The number of carbonyl (C=O) groups excluding carboxylic acids is 3. The van der Waals surface area contributed by atoms with Crippen molar-refractivity contribution in [1.29, 1.82) is 0 Å². The van der Waals surface area contributed by atoms with E-state index in [0.29, 0.717) is 31.7 Å². The van der Waals surface area contributed by atoms with E-state index in [9.17, 15) is 14.4 Å². The van der Waals surface area contributed by atoms with Gasteiger partial charge < -0.3 is 26.6 Å². The number of rotatable bonds is 12. The molecule has 0 saturated heterocycles. The maximum Gasteiger partial charge on any atom is 0.271 e. The summed E-state index contributed by atoms with van der Waals surface area (Å²) in [6.07, 6.45) is 4.38. The zero-order valence-electron chi connectivity index (χ0n) is 20.1. The molecule has 0 unspecified atom stereocenters. The molecule has 2 rings (SSSR count). The van der Waals surface area contributed by atoms with Crippen LogP contribution in [0.5, 0.6) is 0 Å². The zero-order chi connectivity index (χ0) is 25.1. The second-order valence-corrected chi connectivity index (χ2v) is 7.75. The first kappa shape index (κ1) is 26.5. The number of nitrogens with one attached hydrogen (secondary N) is 3. The van der Waals surface area contributed by atoms with Crippen molar-refractivity contribution in [3.63, 3.8) is 0 Å². The van der Waals surface area contributed by atoms with Gasteiger partial charge in [0.1, 0.15) is 0 Å². The maximum atomic E-state index is 12.2. The van der Waals surface area contributed by atoms with Crippen molar-refractivity contribution in [3.8, 4) is 0 Å². The number of nitrogens with two attached hydrogens (primary N) is 1. The summed E-state index contributed by atoms with van der Waals surface area (Å²) in [6.45, 7) is 4.75. The Morgan fingerprint density at radius 2 is 1.97 bits per heavy atom. The quantitative estimate of drug-likeness (QED) is 0.342. The van der Waals surface area contributed by atoms with Crippen molar-refractivity contribution in [2.75, 3.05) is 39.0 Å². The molecule has 10 nitrogen and oxygen atoms in total. The number of nitrogens with zero attached hydrogens (tertiary/aromatic N) is 3. The van der Waals surface area contributed by atoms with Crippen LogP contribution in [0.25, 0.3) is 0 Å². The molecule has 0 saturated carbocycles. The maximum absolute atomic E-state index is 12.2. The molecule has 0 spiro atoms. The van der Waals surface area contributed by atoms with Crippen LogP contribution < -0.4 is 21.7 Å². The van der Waals surface area contributed by atoms with E-state index in [-0.39, 0.29) is 24.1 Å². The van der Waals surface area contributed by atoms with E-state index in [1.54, 1.807) is 20.2 Å². The highest BCUT2D eigenvalue weighted by Crippen LogP contribution is 2.20. The smallest absolute Gasteiger partial charge is 0.271 e. The van der Waals surface area contributed by atoms with Gasteiger partial charge in [-0.25, -0.2) is 9.97 Å². The third-order valence-electron chi connectivity index (χ3n) is 5.00. The van der Waals surface area contributed by atoms with Crippen LogP contribution in [0.4, 0.5) is 11.5 Å². The molecule has 1 aromatic heterocycles. The van der Waals surface area contributed by atoms with Gasteiger partial charge in [-0.2, -0.15) is 0 Å². The van der Waals surface area contributed by atoms with Gasteiger partial charge in [-0.3, -0.25) is 14.4 Å². The minimum Gasteiger partial charge on any atom is -0.364 e. The highest BCUT2D eigenvalue weighted by molar-refractivity contribution is 5.96. The Kier molecular flexibility index (Phi) is 10.2. The molecule has 5 N–H and O–H groups in total. The number of primary amides is 1. The number of hydrogen-bond donors (Lipinski definition) is 4. The molecule has 0 atom stereocenters. The molecular formula is C24H33N7O3. The van der Waals surface area contributed by atoms with Crippen molar-refractivity contribution >= 4 is 29.2 Å². The third kappa shape index (κ3) is 7.96. The molecule has 2 aromatic rings. The summed E-state index contributed by atoms with van der Waals surface area (Å²) in [7, 11) is 3.37. The Hall–Kier alpha value is -3.79. The molecule has 0 aliphatic carbocycles. The van der Waals surface area contributed by atoms with Gasteiger partial charge in [-0.1, -0.05) is 25.1 Å². The fraction of sp³-hybridized carbons (Fsp3) is 0.375. The number of anilines is 2. The number of carbonyl (C=O) groups is 3. The molecule has 0 radical (unpaired) electrons. The van der Waals surface area contributed by atoms with Crippen LogP contribution >= 0.6 is 0 Å².